The molecule has 1 atom stereocenters. The Morgan fingerprint density at radius 1 is 1.24 bits per heavy atom. The Morgan fingerprint density at radius 2 is 1.96 bits per heavy atom. The van der Waals surface area contributed by atoms with Gasteiger partial charge in [0.1, 0.15) is 11.5 Å². The maximum Gasteiger partial charge on any atom is 0.262 e. The molecule has 2 N–H and O–H groups in total. The first-order valence-corrected chi connectivity index (χ1v) is 8.76. The van der Waals surface area contributed by atoms with Crippen molar-refractivity contribution in [2.75, 3.05) is 24.2 Å². The topological polar surface area (TPSA) is 78.9 Å². The molecule has 0 aromatic heterocycles. The molecule has 3 rings (SSSR count). The van der Waals surface area contributed by atoms with E-state index in [1.165, 1.54) is 11.8 Å². The van der Waals surface area contributed by atoms with Crippen molar-refractivity contribution < 1.29 is 19.4 Å². The van der Waals surface area contributed by atoms with Crippen LogP contribution in [0.4, 0.5) is 5.69 Å². The van der Waals surface area contributed by atoms with Crippen molar-refractivity contribution >= 4 is 29.3 Å². The number of hydrogen-bond acceptors (Lipinski definition) is 5. The zero-order chi connectivity index (χ0) is 17.8. The Balaban J connectivity index is 1.75. The molecule has 130 valence electrons. The summed E-state index contributed by atoms with van der Waals surface area (Å²) in [6.45, 7) is 0.172. The predicted molar refractivity (Wildman–Crippen MR) is 96.1 cm³/mol. The third-order valence-electron chi connectivity index (χ3n) is 3.81. The smallest absolute Gasteiger partial charge is 0.262 e. The van der Waals surface area contributed by atoms with Gasteiger partial charge >= 0.3 is 0 Å². The van der Waals surface area contributed by atoms with E-state index in [0.29, 0.717) is 11.4 Å². The summed E-state index contributed by atoms with van der Waals surface area (Å²) in [7, 11) is 1.54. The van der Waals surface area contributed by atoms with Gasteiger partial charge in [-0.3, -0.25) is 9.59 Å². The van der Waals surface area contributed by atoms with Crippen LogP contribution in [0, 0.1) is 0 Å². The van der Waals surface area contributed by atoms with Crippen molar-refractivity contribution in [3.8, 4) is 11.5 Å². The highest BCUT2D eigenvalue weighted by Crippen LogP contribution is 2.34. The van der Waals surface area contributed by atoms with Crippen LogP contribution < -0.4 is 15.0 Å². The third kappa shape index (κ3) is 3.88. The number of phenols is 1. The first kappa shape index (κ1) is 17.2. The van der Waals surface area contributed by atoms with Gasteiger partial charge < -0.3 is 20.1 Å². The van der Waals surface area contributed by atoms with Gasteiger partial charge in [0.25, 0.3) is 5.91 Å². The SMILES string of the molecule is CNC(=O)C1CN(C(=O)CSc2ccc(O)cc2)c2ccccc2O1. The number of para-hydroxylation sites is 2. The molecule has 1 unspecified atom stereocenters. The first-order chi connectivity index (χ1) is 12.1. The fraction of sp³-hybridized carbons (Fsp3) is 0.222. The van der Waals surface area contributed by atoms with Gasteiger partial charge in [0.15, 0.2) is 6.10 Å². The minimum Gasteiger partial charge on any atom is -0.508 e. The van der Waals surface area contributed by atoms with E-state index in [4.69, 9.17) is 4.74 Å². The normalized spacial score (nSPS) is 15.9. The number of fused-ring (bicyclic) bond motifs is 1. The summed E-state index contributed by atoms with van der Waals surface area (Å²) in [6, 6.07) is 13.9. The fourth-order valence-corrected chi connectivity index (χ4v) is 3.31. The molecule has 6 nitrogen and oxygen atoms in total. The van der Waals surface area contributed by atoms with Crippen LogP contribution in [0.15, 0.2) is 53.4 Å². The summed E-state index contributed by atoms with van der Waals surface area (Å²) >= 11 is 1.38. The number of rotatable bonds is 4. The summed E-state index contributed by atoms with van der Waals surface area (Å²) in [5, 5.41) is 11.9. The van der Waals surface area contributed by atoms with Crippen molar-refractivity contribution in [2.24, 2.45) is 0 Å². The van der Waals surface area contributed by atoms with Gasteiger partial charge in [-0.1, -0.05) is 12.1 Å². The molecule has 0 radical (unpaired) electrons. The van der Waals surface area contributed by atoms with Crippen LogP contribution >= 0.6 is 11.8 Å². The Hall–Kier alpha value is -2.67. The quantitative estimate of drug-likeness (QED) is 0.818. The number of thioether (sulfide) groups is 1. The summed E-state index contributed by atoms with van der Waals surface area (Å²) < 4.78 is 5.70. The highest BCUT2D eigenvalue weighted by Gasteiger charge is 2.33. The van der Waals surface area contributed by atoms with Crippen LogP contribution in [0.2, 0.25) is 0 Å². The number of phenolic OH excluding ortho intramolecular Hbond substituents is 1. The molecule has 7 heteroatoms. The molecule has 0 aliphatic carbocycles. The summed E-state index contributed by atoms with van der Waals surface area (Å²) in [5.41, 5.74) is 0.666. The lowest BCUT2D eigenvalue weighted by molar-refractivity contribution is -0.127. The Labute approximate surface area is 149 Å². The standard InChI is InChI=1S/C18H18N2O4S/c1-19-18(23)16-10-20(14-4-2-3-5-15(14)24-16)17(22)11-25-13-8-6-12(21)7-9-13/h2-9,16,21H,10-11H2,1H3,(H,19,23). The second kappa shape index (κ2) is 7.48. The zero-order valence-electron chi connectivity index (χ0n) is 13.6. The Bertz CT molecular complexity index is 779. The lowest BCUT2D eigenvalue weighted by Gasteiger charge is -2.34. The molecule has 25 heavy (non-hydrogen) atoms. The van der Waals surface area contributed by atoms with Crippen molar-refractivity contribution in [1.82, 2.24) is 5.32 Å². The van der Waals surface area contributed by atoms with Crippen molar-refractivity contribution in [3.05, 3.63) is 48.5 Å². The van der Waals surface area contributed by atoms with Crippen LogP contribution in [-0.4, -0.2) is 42.4 Å². The number of hydrogen-bond donors (Lipinski definition) is 2. The molecule has 1 aliphatic rings. The minimum atomic E-state index is -0.734. The molecule has 0 saturated heterocycles. The van der Waals surface area contributed by atoms with E-state index in [1.807, 2.05) is 6.07 Å². The largest absolute Gasteiger partial charge is 0.508 e. The van der Waals surface area contributed by atoms with E-state index in [9.17, 15) is 14.7 Å². The second-order valence-electron chi connectivity index (χ2n) is 5.48. The van der Waals surface area contributed by atoms with Crippen molar-refractivity contribution in [2.45, 2.75) is 11.0 Å². The minimum absolute atomic E-state index is 0.109. The molecule has 0 spiro atoms. The van der Waals surface area contributed by atoms with E-state index in [1.54, 1.807) is 54.4 Å². The summed E-state index contributed by atoms with van der Waals surface area (Å²) in [4.78, 5) is 27.2. The van der Waals surface area contributed by atoms with Gasteiger partial charge in [0, 0.05) is 11.9 Å². The van der Waals surface area contributed by atoms with E-state index in [2.05, 4.69) is 5.32 Å². The van der Waals surface area contributed by atoms with E-state index >= 15 is 0 Å². The zero-order valence-corrected chi connectivity index (χ0v) is 14.5. The molecular weight excluding hydrogens is 340 g/mol. The number of ether oxygens (including phenoxy) is 1. The van der Waals surface area contributed by atoms with E-state index < -0.39 is 6.10 Å². The number of amides is 2. The molecule has 0 fully saturated rings. The maximum atomic E-state index is 12.7. The monoisotopic (exact) mass is 358 g/mol. The molecule has 1 aliphatic heterocycles. The van der Waals surface area contributed by atoms with E-state index in [-0.39, 0.29) is 29.9 Å². The number of benzene rings is 2. The maximum absolute atomic E-state index is 12.7. The lowest BCUT2D eigenvalue weighted by atomic mass is 10.2. The number of likely N-dealkylation sites (N-methyl/N-ethyl adjacent to an activating group) is 1. The number of nitrogens with one attached hydrogen (secondary N) is 1. The third-order valence-corrected chi connectivity index (χ3v) is 4.81. The highest BCUT2D eigenvalue weighted by atomic mass is 32.2. The number of nitrogens with zero attached hydrogens (tertiary/aromatic N) is 1. The number of anilines is 1. The molecule has 2 amide bonds. The average Bonchev–Trinajstić information content (AvgIpc) is 2.65. The van der Waals surface area contributed by atoms with Crippen LogP contribution in [0.25, 0.3) is 0 Å². The van der Waals surface area contributed by atoms with Gasteiger partial charge in [0.2, 0.25) is 5.91 Å². The second-order valence-corrected chi connectivity index (χ2v) is 6.52. The van der Waals surface area contributed by atoms with Gasteiger partial charge in [-0.05, 0) is 36.4 Å². The molecule has 0 saturated carbocycles. The average molecular weight is 358 g/mol. The van der Waals surface area contributed by atoms with Crippen molar-refractivity contribution in [1.29, 1.82) is 0 Å². The molecule has 0 bridgehead atoms. The van der Waals surface area contributed by atoms with Gasteiger partial charge in [-0.25, -0.2) is 0 Å². The number of aromatic hydroxyl groups is 1. The van der Waals surface area contributed by atoms with Crippen molar-refractivity contribution in [3.63, 3.8) is 0 Å². The fourth-order valence-electron chi connectivity index (χ4n) is 2.53. The van der Waals surface area contributed by atoms with Gasteiger partial charge in [-0.15, -0.1) is 11.8 Å². The van der Waals surface area contributed by atoms with Crippen LogP contribution in [-0.2, 0) is 9.59 Å². The highest BCUT2D eigenvalue weighted by molar-refractivity contribution is 8.00. The Morgan fingerprint density at radius 3 is 2.68 bits per heavy atom. The number of carbonyl (C=O) groups excluding carboxylic acids is 2. The number of carbonyl (C=O) groups is 2. The summed E-state index contributed by atoms with van der Waals surface area (Å²) in [5.74, 6) is 0.553. The van der Waals surface area contributed by atoms with E-state index in [0.717, 1.165) is 4.90 Å². The lowest BCUT2D eigenvalue weighted by Crippen LogP contribution is -2.50. The van der Waals surface area contributed by atoms with Gasteiger partial charge in [0.05, 0.1) is 18.0 Å². The molecule has 2 aromatic carbocycles. The predicted octanol–water partition coefficient (Wildman–Crippen LogP) is 2.02. The molecule has 2 aromatic rings. The summed E-state index contributed by atoms with van der Waals surface area (Å²) in [6.07, 6.45) is -0.734. The van der Waals surface area contributed by atoms with Crippen LogP contribution in [0.5, 0.6) is 11.5 Å². The van der Waals surface area contributed by atoms with Crippen LogP contribution in [0.1, 0.15) is 0 Å². The van der Waals surface area contributed by atoms with Gasteiger partial charge in [-0.2, -0.15) is 0 Å². The van der Waals surface area contributed by atoms with Crippen LogP contribution in [0.3, 0.4) is 0 Å². The Kier molecular flexibility index (Phi) is 5.14. The molecular formula is C18H18N2O4S. The molecule has 1 heterocycles. The first-order valence-electron chi connectivity index (χ1n) is 7.78.